The van der Waals surface area contributed by atoms with E-state index in [2.05, 4.69) is 17.2 Å². The lowest BCUT2D eigenvalue weighted by molar-refractivity contribution is -0.122. The van der Waals surface area contributed by atoms with Gasteiger partial charge in [-0.05, 0) is 18.8 Å². The van der Waals surface area contributed by atoms with Crippen molar-refractivity contribution in [2.75, 3.05) is 19.3 Å². The second-order valence-corrected chi connectivity index (χ2v) is 8.19. The smallest absolute Gasteiger partial charge is 0.220 e. The van der Waals surface area contributed by atoms with Crippen LogP contribution >= 0.6 is 12.4 Å². The van der Waals surface area contributed by atoms with Crippen molar-refractivity contribution < 1.29 is 13.2 Å². The summed E-state index contributed by atoms with van der Waals surface area (Å²) in [6, 6.07) is -0.0783. The van der Waals surface area contributed by atoms with Crippen LogP contribution in [0.1, 0.15) is 32.6 Å². The van der Waals surface area contributed by atoms with Gasteiger partial charge >= 0.3 is 0 Å². The van der Waals surface area contributed by atoms with Crippen LogP contribution in [0.15, 0.2) is 18.7 Å². The second-order valence-electron chi connectivity index (χ2n) is 6.21. The molecule has 0 saturated carbocycles. The number of carbonyl (C=O) groups excluding carboxylic acids is 1. The minimum absolute atomic E-state index is 0. The summed E-state index contributed by atoms with van der Waals surface area (Å²) < 4.78 is 26.9. The third-order valence-corrected chi connectivity index (χ3v) is 5.50. The van der Waals surface area contributed by atoms with Crippen LogP contribution in [0.3, 0.4) is 0 Å². The Labute approximate surface area is 150 Å². The third kappa shape index (κ3) is 6.07. The predicted octanol–water partition coefficient (Wildman–Crippen LogP) is 1.26. The van der Waals surface area contributed by atoms with Gasteiger partial charge in [-0.2, -0.15) is 4.31 Å². The zero-order valence-corrected chi connectivity index (χ0v) is 15.9. The molecule has 0 aliphatic carbocycles. The minimum Gasteiger partial charge on any atom is -0.352 e. The average Bonchev–Trinajstić information content (AvgIpc) is 3.09. The second kappa shape index (κ2) is 9.39. The predicted molar refractivity (Wildman–Crippen MR) is 95.5 cm³/mol. The molecule has 7 nitrogen and oxygen atoms in total. The number of halogens is 1. The average molecular weight is 379 g/mol. The van der Waals surface area contributed by atoms with Gasteiger partial charge < -0.3 is 9.88 Å². The molecular formula is C15H27ClN4O3S. The lowest BCUT2D eigenvalue weighted by Gasteiger charge is -2.19. The third-order valence-electron chi connectivity index (χ3n) is 4.26. The van der Waals surface area contributed by atoms with Gasteiger partial charge in [-0.25, -0.2) is 13.4 Å². The van der Waals surface area contributed by atoms with Crippen LogP contribution in [-0.2, 0) is 21.4 Å². The highest BCUT2D eigenvalue weighted by Gasteiger charge is 2.36. The van der Waals surface area contributed by atoms with Crippen molar-refractivity contribution in [1.82, 2.24) is 19.2 Å². The Morgan fingerprint density at radius 3 is 2.71 bits per heavy atom. The molecule has 138 valence electrons. The standard InChI is InChI=1S/C15H26N4O3S.ClH/c1-3-5-13-10-19(23(2,21)22)11-14(13)17-15(20)6-4-8-18-9-7-16-12-18;/h7,9,12-14H,3-6,8,10-11H2,1-2H3,(H,17,20);1H/t13-,14-;/m0./s1. The van der Waals surface area contributed by atoms with Gasteiger partial charge in [-0.15, -0.1) is 12.4 Å². The van der Waals surface area contributed by atoms with Crippen LogP contribution in [0.2, 0.25) is 0 Å². The number of aromatic nitrogens is 2. The van der Waals surface area contributed by atoms with Gasteiger partial charge in [-0.1, -0.05) is 13.3 Å². The van der Waals surface area contributed by atoms with Gasteiger partial charge in [-0.3, -0.25) is 4.79 Å². The lowest BCUT2D eigenvalue weighted by Crippen LogP contribution is -2.41. The Hall–Kier alpha value is -1.12. The molecule has 2 atom stereocenters. The van der Waals surface area contributed by atoms with Crippen LogP contribution in [0.4, 0.5) is 0 Å². The Balaban J connectivity index is 0.00000288. The van der Waals surface area contributed by atoms with E-state index >= 15 is 0 Å². The number of nitrogens with one attached hydrogen (secondary N) is 1. The largest absolute Gasteiger partial charge is 0.352 e. The molecule has 1 aliphatic heterocycles. The molecule has 1 N–H and O–H groups in total. The van der Waals surface area contributed by atoms with E-state index in [1.165, 1.54) is 10.6 Å². The molecule has 24 heavy (non-hydrogen) atoms. The molecule has 0 radical (unpaired) electrons. The summed E-state index contributed by atoms with van der Waals surface area (Å²) in [5, 5.41) is 3.03. The van der Waals surface area contributed by atoms with Crippen molar-refractivity contribution >= 4 is 28.3 Å². The summed E-state index contributed by atoms with van der Waals surface area (Å²) >= 11 is 0. The first-order valence-corrected chi connectivity index (χ1v) is 9.95. The number of sulfonamides is 1. The zero-order valence-electron chi connectivity index (χ0n) is 14.2. The minimum atomic E-state index is -3.20. The summed E-state index contributed by atoms with van der Waals surface area (Å²) in [7, 11) is -3.20. The number of imidazole rings is 1. The van der Waals surface area contributed by atoms with Crippen LogP contribution < -0.4 is 5.32 Å². The summed E-state index contributed by atoms with van der Waals surface area (Å²) in [5.74, 6) is 0.193. The Kier molecular flexibility index (Phi) is 8.18. The van der Waals surface area contributed by atoms with Crippen LogP contribution in [0, 0.1) is 5.92 Å². The van der Waals surface area contributed by atoms with E-state index in [9.17, 15) is 13.2 Å². The van der Waals surface area contributed by atoms with Crippen molar-refractivity contribution in [3.05, 3.63) is 18.7 Å². The molecule has 1 aliphatic rings. The molecule has 0 aromatic carbocycles. The van der Waals surface area contributed by atoms with Gasteiger partial charge in [0.1, 0.15) is 0 Å². The van der Waals surface area contributed by atoms with Crippen molar-refractivity contribution in [2.24, 2.45) is 5.92 Å². The fourth-order valence-electron chi connectivity index (χ4n) is 3.05. The van der Waals surface area contributed by atoms with Gasteiger partial charge in [0.2, 0.25) is 15.9 Å². The molecule has 0 bridgehead atoms. The maximum absolute atomic E-state index is 12.1. The van der Waals surface area contributed by atoms with Crippen molar-refractivity contribution in [3.63, 3.8) is 0 Å². The van der Waals surface area contributed by atoms with E-state index < -0.39 is 10.0 Å². The number of amides is 1. The molecule has 1 aromatic heterocycles. The molecule has 2 rings (SSSR count). The highest BCUT2D eigenvalue weighted by molar-refractivity contribution is 7.88. The molecule has 1 saturated heterocycles. The maximum atomic E-state index is 12.1. The number of hydrogen-bond acceptors (Lipinski definition) is 4. The van der Waals surface area contributed by atoms with Crippen LogP contribution in [0.25, 0.3) is 0 Å². The number of aryl methyl sites for hydroxylation is 1. The van der Waals surface area contributed by atoms with E-state index in [4.69, 9.17) is 0 Å². The quantitative estimate of drug-likeness (QED) is 0.738. The Bertz CT molecular complexity index is 606. The Morgan fingerprint density at radius 2 is 2.12 bits per heavy atom. The normalized spacial score (nSPS) is 21.4. The molecule has 1 fully saturated rings. The van der Waals surface area contributed by atoms with E-state index in [-0.39, 0.29) is 30.3 Å². The lowest BCUT2D eigenvalue weighted by atomic mass is 9.98. The first-order chi connectivity index (χ1) is 10.9. The van der Waals surface area contributed by atoms with Crippen molar-refractivity contribution in [2.45, 2.75) is 45.2 Å². The SMILES string of the molecule is CCC[C@H]1CN(S(C)(=O)=O)C[C@@H]1NC(=O)CCCn1ccnc1.Cl. The molecule has 1 amide bonds. The highest BCUT2D eigenvalue weighted by Crippen LogP contribution is 2.23. The van der Waals surface area contributed by atoms with Crippen molar-refractivity contribution in [1.29, 1.82) is 0 Å². The van der Waals surface area contributed by atoms with E-state index in [0.717, 1.165) is 25.8 Å². The maximum Gasteiger partial charge on any atom is 0.220 e. The van der Waals surface area contributed by atoms with Gasteiger partial charge in [0.05, 0.1) is 12.6 Å². The molecule has 9 heteroatoms. The number of rotatable bonds is 8. The zero-order chi connectivity index (χ0) is 16.9. The Morgan fingerprint density at radius 1 is 1.38 bits per heavy atom. The molecule has 2 heterocycles. The first-order valence-electron chi connectivity index (χ1n) is 8.10. The fraction of sp³-hybridized carbons (Fsp3) is 0.733. The van der Waals surface area contributed by atoms with E-state index in [0.29, 0.717) is 19.5 Å². The topological polar surface area (TPSA) is 84.3 Å². The summed E-state index contributed by atoms with van der Waals surface area (Å²) in [6.07, 6.45) is 9.63. The van der Waals surface area contributed by atoms with Gasteiger partial charge in [0.15, 0.2) is 0 Å². The number of carbonyl (C=O) groups is 1. The fourth-order valence-corrected chi connectivity index (χ4v) is 3.94. The summed E-state index contributed by atoms with van der Waals surface area (Å²) in [4.78, 5) is 16.1. The van der Waals surface area contributed by atoms with Crippen molar-refractivity contribution in [3.8, 4) is 0 Å². The van der Waals surface area contributed by atoms with Crippen LogP contribution in [0.5, 0.6) is 0 Å². The number of hydrogen-bond donors (Lipinski definition) is 1. The highest BCUT2D eigenvalue weighted by atomic mass is 35.5. The van der Waals surface area contributed by atoms with Gasteiger partial charge in [0.25, 0.3) is 0 Å². The monoisotopic (exact) mass is 378 g/mol. The summed E-state index contributed by atoms with van der Waals surface area (Å²) in [5.41, 5.74) is 0. The van der Waals surface area contributed by atoms with Gasteiger partial charge in [0, 0.05) is 44.5 Å². The van der Waals surface area contributed by atoms with Crippen LogP contribution in [-0.4, -0.2) is 53.6 Å². The first kappa shape index (κ1) is 20.9. The molecule has 0 spiro atoms. The molecular weight excluding hydrogens is 352 g/mol. The molecule has 1 aromatic rings. The number of nitrogens with zero attached hydrogens (tertiary/aromatic N) is 3. The summed E-state index contributed by atoms with van der Waals surface area (Å²) in [6.45, 7) is 3.72. The van der Waals surface area contributed by atoms with E-state index in [1.54, 1.807) is 12.5 Å². The van der Waals surface area contributed by atoms with E-state index in [1.807, 2.05) is 10.8 Å². The molecule has 0 unspecified atom stereocenters.